The van der Waals surface area contributed by atoms with Crippen LogP contribution in [-0.2, 0) is 11.8 Å². The average molecular weight is 283 g/mol. The Hall–Kier alpha value is -1.11. The lowest BCUT2D eigenvalue weighted by Gasteiger charge is -2.36. The highest BCUT2D eigenvalue weighted by Crippen LogP contribution is 2.25. The van der Waals surface area contributed by atoms with E-state index in [4.69, 9.17) is 0 Å². The lowest BCUT2D eigenvalue weighted by molar-refractivity contribution is -0.132. The summed E-state index contributed by atoms with van der Waals surface area (Å²) in [5, 5.41) is 11.8. The maximum absolute atomic E-state index is 12.5. The Bertz CT molecular complexity index is 439. The van der Waals surface area contributed by atoms with Crippen molar-refractivity contribution in [2.45, 2.75) is 37.6 Å². The van der Waals surface area contributed by atoms with Gasteiger partial charge < -0.3 is 4.90 Å². The predicted molar refractivity (Wildman–Crippen MR) is 73.6 cm³/mol. The first-order valence-electron chi connectivity index (χ1n) is 6.65. The second-order valence-corrected chi connectivity index (χ2v) is 6.84. The Balaban J connectivity index is 1.97. The van der Waals surface area contributed by atoms with Gasteiger partial charge in [0.15, 0.2) is 0 Å². The molecular weight excluding hydrogens is 262 g/mol. The Labute approximate surface area is 117 Å². The molecule has 0 saturated carbocycles. The average Bonchev–Trinajstić information content (AvgIpc) is 2.72. The molecule has 2 heterocycles. The van der Waals surface area contributed by atoms with Gasteiger partial charge in [-0.2, -0.15) is 0 Å². The van der Waals surface area contributed by atoms with Crippen molar-refractivity contribution in [2.75, 3.05) is 13.1 Å². The number of thioether (sulfide) groups is 1. The molecule has 1 aromatic heterocycles. The van der Waals surface area contributed by atoms with Crippen LogP contribution in [0.25, 0.3) is 0 Å². The fourth-order valence-corrected chi connectivity index (χ4v) is 3.47. The van der Waals surface area contributed by atoms with Crippen molar-refractivity contribution < 1.29 is 4.79 Å². The molecule has 1 fully saturated rings. The molecule has 0 aliphatic carbocycles. The van der Waals surface area contributed by atoms with Crippen molar-refractivity contribution in [1.82, 2.24) is 25.1 Å². The molecule has 1 saturated heterocycles. The van der Waals surface area contributed by atoms with Crippen molar-refractivity contribution in [3.63, 3.8) is 0 Å². The molecule has 2 rings (SSSR count). The molecule has 7 heteroatoms. The van der Waals surface area contributed by atoms with E-state index in [-0.39, 0.29) is 11.2 Å². The smallest absolute Gasteiger partial charge is 0.235 e. The third kappa shape index (κ3) is 3.46. The highest BCUT2D eigenvalue weighted by atomic mass is 32.2. The number of hydrogen-bond donors (Lipinski definition) is 0. The third-order valence-corrected chi connectivity index (χ3v) is 4.50. The van der Waals surface area contributed by atoms with Gasteiger partial charge in [-0.1, -0.05) is 25.6 Å². The molecular formula is C12H21N5OS. The van der Waals surface area contributed by atoms with Crippen LogP contribution in [0, 0.1) is 11.8 Å². The molecule has 0 unspecified atom stereocenters. The van der Waals surface area contributed by atoms with Gasteiger partial charge in [-0.15, -0.1) is 5.10 Å². The van der Waals surface area contributed by atoms with E-state index < -0.39 is 0 Å². The first kappa shape index (κ1) is 14.3. The van der Waals surface area contributed by atoms with E-state index in [1.807, 2.05) is 11.8 Å². The largest absolute Gasteiger partial charge is 0.341 e. The summed E-state index contributed by atoms with van der Waals surface area (Å²) in [6.45, 7) is 8.07. The fraction of sp³-hybridized carbons (Fsp3) is 0.833. The number of aryl methyl sites for hydroxylation is 1. The predicted octanol–water partition coefficient (Wildman–Crippen LogP) is 1.20. The summed E-state index contributed by atoms with van der Waals surface area (Å²) in [5.74, 6) is 1.36. The standard InChI is InChI=1S/C12H21N5OS/c1-8-5-9(2)7-17(6-8)11(18)10(3)19-12-13-14-15-16(12)4/h8-10H,5-7H2,1-4H3/t8-,9-,10-/m1/s1. The third-order valence-electron chi connectivity index (χ3n) is 3.39. The summed E-state index contributed by atoms with van der Waals surface area (Å²) >= 11 is 1.42. The van der Waals surface area contributed by atoms with E-state index in [1.165, 1.54) is 18.2 Å². The van der Waals surface area contributed by atoms with E-state index in [0.29, 0.717) is 17.0 Å². The van der Waals surface area contributed by atoms with Crippen molar-refractivity contribution in [1.29, 1.82) is 0 Å². The number of rotatable bonds is 3. The molecule has 1 aromatic rings. The molecule has 19 heavy (non-hydrogen) atoms. The van der Waals surface area contributed by atoms with Gasteiger partial charge in [0.2, 0.25) is 11.1 Å². The van der Waals surface area contributed by atoms with E-state index >= 15 is 0 Å². The highest BCUT2D eigenvalue weighted by molar-refractivity contribution is 8.00. The lowest BCUT2D eigenvalue weighted by atomic mass is 9.92. The van der Waals surface area contributed by atoms with Crippen LogP contribution in [0.2, 0.25) is 0 Å². The summed E-state index contributed by atoms with van der Waals surface area (Å²) < 4.78 is 1.59. The number of nitrogens with zero attached hydrogens (tertiary/aromatic N) is 5. The summed E-state index contributed by atoms with van der Waals surface area (Å²) in [5.41, 5.74) is 0. The van der Waals surface area contributed by atoms with Crippen LogP contribution in [0.5, 0.6) is 0 Å². The summed E-state index contributed by atoms with van der Waals surface area (Å²) in [7, 11) is 1.78. The maximum Gasteiger partial charge on any atom is 0.235 e. The Morgan fingerprint density at radius 3 is 2.53 bits per heavy atom. The topological polar surface area (TPSA) is 63.9 Å². The molecule has 1 aliphatic heterocycles. The maximum atomic E-state index is 12.5. The zero-order valence-corrected chi connectivity index (χ0v) is 12.7. The van der Waals surface area contributed by atoms with Gasteiger partial charge in [-0.05, 0) is 35.6 Å². The van der Waals surface area contributed by atoms with Gasteiger partial charge >= 0.3 is 0 Å². The van der Waals surface area contributed by atoms with E-state index in [2.05, 4.69) is 29.4 Å². The first-order chi connectivity index (χ1) is 8.97. The minimum Gasteiger partial charge on any atom is -0.341 e. The van der Waals surface area contributed by atoms with Crippen molar-refractivity contribution >= 4 is 17.7 Å². The molecule has 0 N–H and O–H groups in total. The minimum atomic E-state index is -0.151. The Kier molecular flexibility index (Phi) is 4.44. The second-order valence-electron chi connectivity index (χ2n) is 5.53. The zero-order chi connectivity index (χ0) is 14.0. The fourth-order valence-electron chi connectivity index (χ4n) is 2.63. The van der Waals surface area contributed by atoms with Gasteiger partial charge in [-0.3, -0.25) is 4.79 Å². The molecule has 0 radical (unpaired) electrons. The number of amides is 1. The SMILES string of the molecule is C[C@@H]1C[C@@H](C)CN(C(=O)[C@@H](C)Sc2nnnn2C)C1. The van der Waals surface area contributed by atoms with E-state index in [9.17, 15) is 4.79 Å². The molecule has 106 valence electrons. The second kappa shape index (κ2) is 5.90. The molecule has 0 spiro atoms. The summed E-state index contributed by atoms with van der Waals surface area (Å²) in [6.07, 6.45) is 1.21. The quantitative estimate of drug-likeness (QED) is 0.780. The number of likely N-dealkylation sites (tertiary alicyclic amines) is 1. The Morgan fingerprint density at radius 1 is 1.37 bits per heavy atom. The molecule has 0 bridgehead atoms. The lowest BCUT2D eigenvalue weighted by Crippen LogP contribution is -2.45. The number of carbonyl (C=O) groups excluding carboxylic acids is 1. The van der Waals surface area contributed by atoms with Crippen LogP contribution in [0.3, 0.4) is 0 Å². The van der Waals surface area contributed by atoms with E-state index in [0.717, 1.165) is 13.1 Å². The van der Waals surface area contributed by atoms with Crippen LogP contribution < -0.4 is 0 Å². The highest BCUT2D eigenvalue weighted by Gasteiger charge is 2.29. The van der Waals surface area contributed by atoms with Gasteiger partial charge in [0.25, 0.3) is 0 Å². The molecule has 6 nitrogen and oxygen atoms in total. The monoisotopic (exact) mass is 283 g/mol. The molecule has 1 aliphatic rings. The van der Waals surface area contributed by atoms with Crippen molar-refractivity contribution in [2.24, 2.45) is 18.9 Å². The van der Waals surface area contributed by atoms with Gasteiger partial charge in [0, 0.05) is 20.1 Å². The van der Waals surface area contributed by atoms with Crippen LogP contribution >= 0.6 is 11.8 Å². The van der Waals surface area contributed by atoms with Crippen LogP contribution in [0.15, 0.2) is 5.16 Å². The first-order valence-corrected chi connectivity index (χ1v) is 7.53. The number of hydrogen-bond acceptors (Lipinski definition) is 5. The van der Waals surface area contributed by atoms with Crippen molar-refractivity contribution in [3.8, 4) is 0 Å². The zero-order valence-electron chi connectivity index (χ0n) is 11.9. The van der Waals surface area contributed by atoms with Gasteiger partial charge in [0.05, 0.1) is 5.25 Å². The number of tetrazole rings is 1. The molecule has 3 atom stereocenters. The number of aromatic nitrogens is 4. The summed E-state index contributed by atoms with van der Waals surface area (Å²) in [4.78, 5) is 14.4. The van der Waals surface area contributed by atoms with Crippen LogP contribution in [-0.4, -0.2) is 49.4 Å². The Morgan fingerprint density at radius 2 is 2.00 bits per heavy atom. The summed E-state index contributed by atoms with van der Waals surface area (Å²) in [6, 6.07) is 0. The molecule has 0 aromatic carbocycles. The van der Waals surface area contributed by atoms with Crippen molar-refractivity contribution in [3.05, 3.63) is 0 Å². The van der Waals surface area contributed by atoms with Gasteiger partial charge in [-0.25, -0.2) is 4.68 Å². The van der Waals surface area contributed by atoms with Gasteiger partial charge in [0.1, 0.15) is 0 Å². The normalized spacial score (nSPS) is 25.4. The number of carbonyl (C=O) groups is 1. The molecule has 1 amide bonds. The van der Waals surface area contributed by atoms with Crippen LogP contribution in [0.4, 0.5) is 0 Å². The van der Waals surface area contributed by atoms with E-state index in [1.54, 1.807) is 11.7 Å². The minimum absolute atomic E-state index is 0.151. The number of piperidine rings is 1. The van der Waals surface area contributed by atoms with Crippen LogP contribution in [0.1, 0.15) is 27.2 Å².